The molecule has 0 amide bonds. The van der Waals surface area contributed by atoms with Crippen molar-refractivity contribution >= 4 is 16.5 Å². The SMILES string of the molecule is COc1cc(-c2csc(NC3CC3)n2)cc(OC)c1OC. The van der Waals surface area contributed by atoms with Crippen LogP contribution in [0.25, 0.3) is 11.3 Å². The van der Waals surface area contributed by atoms with Gasteiger partial charge in [0, 0.05) is 17.0 Å². The van der Waals surface area contributed by atoms with Crippen molar-refractivity contribution in [2.24, 2.45) is 0 Å². The molecule has 1 aliphatic rings. The van der Waals surface area contributed by atoms with Crippen LogP contribution in [0.15, 0.2) is 17.5 Å². The van der Waals surface area contributed by atoms with Gasteiger partial charge in [0.25, 0.3) is 0 Å². The van der Waals surface area contributed by atoms with E-state index >= 15 is 0 Å². The minimum atomic E-state index is 0.593. The lowest BCUT2D eigenvalue weighted by Crippen LogP contribution is -1.99. The van der Waals surface area contributed by atoms with Crippen molar-refractivity contribution in [2.75, 3.05) is 26.6 Å². The highest BCUT2D eigenvalue weighted by atomic mass is 32.1. The fourth-order valence-electron chi connectivity index (χ4n) is 2.10. The first-order valence-corrected chi connectivity index (χ1v) is 7.65. The Balaban J connectivity index is 1.94. The molecule has 1 fully saturated rings. The van der Waals surface area contributed by atoms with Gasteiger partial charge in [0.15, 0.2) is 16.6 Å². The van der Waals surface area contributed by atoms with Crippen molar-refractivity contribution in [1.29, 1.82) is 0 Å². The quantitative estimate of drug-likeness (QED) is 0.886. The van der Waals surface area contributed by atoms with E-state index in [0.29, 0.717) is 23.3 Å². The van der Waals surface area contributed by atoms with E-state index in [1.807, 2.05) is 17.5 Å². The van der Waals surface area contributed by atoms with Crippen molar-refractivity contribution in [3.8, 4) is 28.5 Å². The second-order valence-corrected chi connectivity index (χ2v) is 5.73. The van der Waals surface area contributed by atoms with E-state index in [-0.39, 0.29) is 0 Å². The third-order valence-corrected chi connectivity index (χ3v) is 4.14. The predicted octanol–water partition coefficient (Wildman–Crippen LogP) is 3.41. The molecule has 0 unspecified atom stereocenters. The minimum Gasteiger partial charge on any atom is -0.493 e. The van der Waals surface area contributed by atoms with E-state index in [0.717, 1.165) is 16.4 Å². The lowest BCUT2D eigenvalue weighted by Gasteiger charge is -2.13. The van der Waals surface area contributed by atoms with Crippen LogP contribution in [0.2, 0.25) is 0 Å². The predicted molar refractivity (Wildman–Crippen MR) is 83.9 cm³/mol. The van der Waals surface area contributed by atoms with Gasteiger partial charge in [0.2, 0.25) is 5.75 Å². The number of anilines is 1. The van der Waals surface area contributed by atoms with Gasteiger partial charge in [-0.05, 0) is 25.0 Å². The van der Waals surface area contributed by atoms with Crippen LogP contribution < -0.4 is 19.5 Å². The summed E-state index contributed by atoms with van der Waals surface area (Å²) in [6, 6.07) is 4.43. The summed E-state index contributed by atoms with van der Waals surface area (Å²) in [5.74, 6) is 1.86. The summed E-state index contributed by atoms with van der Waals surface area (Å²) in [4.78, 5) is 4.62. The van der Waals surface area contributed by atoms with Gasteiger partial charge in [0.1, 0.15) is 0 Å². The molecule has 21 heavy (non-hydrogen) atoms. The highest BCUT2D eigenvalue weighted by Gasteiger charge is 2.22. The highest BCUT2D eigenvalue weighted by Crippen LogP contribution is 2.41. The zero-order chi connectivity index (χ0) is 14.8. The van der Waals surface area contributed by atoms with Crippen molar-refractivity contribution in [1.82, 2.24) is 4.98 Å². The van der Waals surface area contributed by atoms with E-state index in [1.54, 1.807) is 32.7 Å². The summed E-state index contributed by atoms with van der Waals surface area (Å²) in [5, 5.41) is 6.40. The fourth-order valence-corrected chi connectivity index (χ4v) is 2.90. The molecule has 1 N–H and O–H groups in total. The monoisotopic (exact) mass is 306 g/mol. The number of rotatable bonds is 6. The molecule has 1 aromatic carbocycles. The van der Waals surface area contributed by atoms with Crippen LogP contribution >= 0.6 is 11.3 Å². The van der Waals surface area contributed by atoms with Crippen molar-refractivity contribution in [3.05, 3.63) is 17.5 Å². The Morgan fingerprint density at radius 3 is 2.29 bits per heavy atom. The number of hydrogen-bond acceptors (Lipinski definition) is 6. The summed E-state index contributed by atoms with van der Waals surface area (Å²) in [7, 11) is 4.82. The molecule has 1 saturated carbocycles. The topological polar surface area (TPSA) is 52.6 Å². The Kier molecular flexibility index (Phi) is 3.88. The molecule has 0 bridgehead atoms. The second kappa shape index (κ2) is 5.81. The van der Waals surface area contributed by atoms with Crippen LogP contribution in [0.1, 0.15) is 12.8 Å². The molecule has 1 heterocycles. The first-order valence-electron chi connectivity index (χ1n) is 6.77. The van der Waals surface area contributed by atoms with E-state index < -0.39 is 0 Å². The van der Waals surface area contributed by atoms with Crippen molar-refractivity contribution < 1.29 is 14.2 Å². The largest absolute Gasteiger partial charge is 0.493 e. The number of nitrogens with zero attached hydrogens (tertiary/aromatic N) is 1. The molecule has 112 valence electrons. The second-order valence-electron chi connectivity index (χ2n) is 4.87. The number of thiazole rings is 1. The molecule has 0 radical (unpaired) electrons. The Bertz CT molecular complexity index is 613. The minimum absolute atomic E-state index is 0.593. The van der Waals surface area contributed by atoms with Gasteiger partial charge in [-0.3, -0.25) is 0 Å². The summed E-state index contributed by atoms with van der Waals surface area (Å²) in [6.07, 6.45) is 2.47. The van der Waals surface area contributed by atoms with Crippen LogP contribution in [0.5, 0.6) is 17.2 Å². The molecule has 2 aromatic rings. The van der Waals surface area contributed by atoms with Gasteiger partial charge in [-0.2, -0.15) is 0 Å². The number of benzene rings is 1. The number of ether oxygens (including phenoxy) is 3. The van der Waals surface area contributed by atoms with E-state index in [9.17, 15) is 0 Å². The molecule has 0 saturated heterocycles. The lowest BCUT2D eigenvalue weighted by atomic mass is 10.1. The highest BCUT2D eigenvalue weighted by molar-refractivity contribution is 7.14. The first-order chi connectivity index (χ1) is 10.2. The molecule has 6 heteroatoms. The fraction of sp³-hybridized carbons (Fsp3) is 0.400. The smallest absolute Gasteiger partial charge is 0.203 e. The maximum absolute atomic E-state index is 5.38. The van der Waals surface area contributed by atoms with Gasteiger partial charge in [-0.1, -0.05) is 0 Å². The van der Waals surface area contributed by atoms with Gasteiger partial charge in [0.05, 0.1) is 27.0 Å². The Morgan fingerprint density at radius 2 is 1.76 bits per heavy atom. The van der Waals surface area contributed by atoms with Gasteiger partial charge >= 0.3 is 0 Å². The maximum atomic E-state index is 5.38. The van der Waals surface area contributed by atoms with Crippen molar-refractivity contribution in [3.63, 3.8) is 0 Å². The molecule has 1 aliphatic carbocycles. The summed E-state index contributed by atoms with van der Waals surface area (Å²) < 4.78 is 16.1. The normalized spacial score (nSPS) is 13.9. The number of methoxy groups -OCH3 is 3. The van der Waals surface area contributed by atoms with Crippen LogP contribution in [-0.4, -0.2) is 32.4 Å². The molecule has 3 rings (SSSR count). The third-order valence-electron chi connectivity index (χ3n) is 3.37. The van der Waals surface area contributed by atoms with E-state index in [1.165, 1.54) is 12.8 Å². The van der Waals surface area contributed by atoms with Gasteiger partial charge < -0.3 is 19.5 Å². The zero-order valence-electron chi connectivity index (χ0n) is 12.3. The zero-order valence-corrected chi connectivity index (χ0v) is 13.1. The van der Waals surface area contributed by atoms with E-state index in [2.05, 4.69) is 10.3 Å². The molecular weight excluding hydrogens is 288 g/mol. The summed E-state index contributed by atoms with van der Waals surface area (Å²) in [5.41, 5.74) is 1.85. The number of nitrogens with one attached hydrogen (secondary N) is 1. The number of aromatic nitrogens is 1. The molecule has 0 atom stereocenters. The Labute approximate surface area is 127 Å². The number of hydrogen-bond donors (Lipinski definition) is 1. The van der Waals surface area contributed by atoms with Crippen LogP contribution in [-0.2, 0) is 0 Å². The van der Waals surface area contributed by atoms with Crippen LogP contribution in [0, 0.1) is 0 Å². The van der Waals surface area contributed by atoms with Gasteiger partial charge in [-0.25, -0.2) is 4.98 Å². The molecular formula is C15H18N2O3S. The van der Waals surface area contributed by atoms with E-state index in [4.69, 9.17) is 14.2 Å². The first kappa shape index (κ1) is 14.0. The van der Waals surface area contributed by atoms with Crippen LogP contribution in [0.3, 0.4) is 0 Å². The average molecular weight is 306 g/mol. The van der Waals surface area contributed by atoms with Crippen LogP contribution in [0.4, 0.5) is 5.13 Å². The standard InChI is InChI=1S/C15H18N2O3S/c1-18-12-6-9(7-13(19-2)14(12)20-3)11-8-21-15(17-11)16-10-4-5-10/h6-8,10H,4-5H2,1-3H3,(H,16,17). The maximum Gasteiger partial charge on any atom is 0.203 e. The third kappa shape index (κ3) is 2.90. The molecule has 1 aromatic heterocycles. The molecule has 5 nitrogen and oxygen atoms in total. The molecule has 0 aliphatic heterocycles. The Morgan fingerprint density at radius 1 is 1.10 bits per heavy atom. The molecule has 0 spiro atoms. The lowest BCUT2D eigenvalue weighted by molar-refractivity contribution is 0.324. The average Bonchev–Trinajstić information content (AvgIpc) is 3.20. The summed E-state index contributed by atoms with van der Waals surface area (Å²) >= 11 is 1.61. The van der Waals surface area contributed by atoms with Gasteiger partial charge in [-0.15, -0.1) is 11.3 Å². The summed E-state index contributed by atoms with van der Waals surface area (Å²) in [6.45, 7) is 0. The van der Waals surface area contributed by atoms with Crippen molar-refractivity contribution in [2.45, 2.75) is 18.9 Å². The Hall–Kier alpha value is -1.95.